The average molecular weight is 306 g/mol. The van der Waals surface area contributed by atoms with Crippen molar-refractivity contribution in [3.8, 4) is 0 Å². The molecule has 2 N–H and O–H groups in total. The molecule has 0 aliphatic rings. The molecular weight excluding hydrogens is 284 g/mol. The van der Waals surface area contributed by atoms with E-state index in [1.165, 1.54) is 6.20 Å². The first-order chi connectivity index (χ1) is 8.99. The van der Waals surface area contributed by atoms with Crippen molar-refractivity contribution in [3.05, 3.63) is 12.4 Å². The van der Waals surface area contributed by atoms with E-state index in [1.54, 1.807) is 22.6 Å². The Labute approximate surface area is 119 Å². The summed E-state index contributed by atoms with van der Waals surface area (Å²) in [7, 11) is -1.61. The van der Waals surface area contributed by atoms with Crippen LogP contribution in [0.25, 0.3) is 0 Å². The van der Waals surface area contributed by atoms with E-state index >= 15 is 0 Å². The highest BCUT2D eigenvalue weighted by Gasteiger charge is 2.18. The van der Waals surface area contributed by atoms with Gasteiger partial charge < -0.3 is 5.32 Å². The van der Waals surface area contributed by atoms with Crippen LogP contribution in [0.3, 0.4) is 0 Å². The molecule has 1 aromatic rings. The van der Waals surface area contributed by atoms with E-state index in [2.05, 4.69) is 15.1 Å². The summed E-state index contributed by atoms with van der Waals surface area (Å²) in [4.78, 5) is 0.222. The van der Waals surface area contributed by atoms with Crippen LogP contribution in [0.15, 0.2) is 17.3 Å². The summed E-state index contributed by atoms with van der Waals surface area (Å²) < 4.78 is 28.5. The van der Waals surface area contributed by atoms with Gasteiger partial charge in [0.25, 0.3) is 0 Å². The van der Waals surface area contributed by atoms with Crippen molar-refractivity contribution in [1.29, 1.82) is 0 Å². The highest BCUT2D eigenvalue weighted by molar-refractivity contribution is 7.98. The molecule has 1 atom stereocenters. The fraction of sp³-hybridized carbons (Fsp3) is 0.727. The molecule has 0 spiro atoms. The predicted molar refractivity (Wildman–Crippen MR) is 78.9 cm³/mol. The third-order valence-corrected chi connectivity index (χ3v) is 4.81. The zero-order valence-electron chi connectivity index (χ0n) is 11.6. The molecule has 8 heteroatoms. The second kappa shape index (κ2) is 7.88. The molecule has 19 heavy (non-hydrogen) atoms. The van der Waals surface area contributed by atoms with Crippen LogP contribution in [0.5, 0.6) is 0 Å². The van der Waals surface area contributed by atoms with Crippen LogP contribution in [0.2, 0.25) is 0 Å². The molecule has 0 saturated carbocycles. The number of sulfonamides is 1. The van der Waals surface area contributed by atoms with Crippen molar-refractivity contribution < 1.29 is 8.42 Å². The van der Waals surface area contributed by atoms with Gasteiger partial charge in [0.2, 0.25) is 10.0 Å². The van der Waals surface area contributed by atoms with Gasteiger partial charge in [-0.2, -0.15) is 16.9 Å². The Morgan fingerprint density at radius 1 is 1.53 bits per heavy atom. The number of nitrogens with zero attached hydrogens (tertiary/aromatic N) is 2. The van der Waals surface area contributed by atoms with E-state index < -0.39 is 10.0 Å². The minimum absolute atomic E-state index is 0.0712. The number of likely N-dealkylation sites (N-methyl/N-ethyl adjacent to an activating group) is 1. The second-order valence-corrected chi connectivity index (χ2v) is 7.05. The lowest BCUT2D eigenvalue weighted by atomic mass is 10.3. The number of hydrogen-bond acceptors (Lipinski definition) is 5. The highest BCUT2D eigenvalue weighted by atomic mass is 32.2. The molecule has 1 aromatic heterocycles. The van der Waals surface area contributed by atoms with Gasteiger partial charge in [-0.15, -0.1) is 0 Å². The lowest BCUT2D eigenvalue weighted by Crippen LogP contribution is -2.32. The van der Waals surface area contributed by atoms with Crippen LogP contribution in [-0.2, 0) is 16.6 Å². The highest BCUT2D eigenvalue weighted by Crippen LogP contribution is 2.09. The number of thioether (sulfide) groups is 1. The molecule has 0 aromatic carbocycles. The first kappa shape index (κ1) is 16.5. The van der Waals surface area contributed by atoms with Crippen LogP contribution >= 0.6 is 11.8 Å². The molecule has 0 fully saturated rings. The minimum Gasteiger partial charge on any atom is -0.318 e. The molecule has 1 rings (SSSR count). The van der Waals surface area contributed by atoms with Crippen LogP contribution in [0.4, 0.5) is 0 Å². The van der Waals surface area contributed by atoms with E-state index in [4.69, 9.17) is 0 Å². The molecular formula is C11H22N4O2S2. The Morgan fingerprint density at radius 3 is 2.89 bits per heavy atom. The molecule has 0 radical (unpaired) electrons. The maximum absolute atomic E-state index is 12.1. The molecule has 0 amide bonds. The fourth-order valence-corrected chi connectivity index (χ4v) is 3.34. The van der Waals surface area contributed by atoms with Crippen LogP contribution in [0.1, 0.15) is 13.3 Å². The lowest BCUT2D eigenvalue weighted by molar-refractivity contribution is 0.555. The summed E-state index contributed by atoms with van der Waals surface area (Å²) >= 11 is 1.71. The summed E-state index contributed by atoms with van der Waals surface area (Å²) in [5.41, 5.74) is 0. The average Bonchev–Trinajstić information content (AvgIpc) is 2.83. The second-order valence-electron chi connectivity index (χ2n) is 4.35. The summed E-state index contributed by atoms with van der Waals surface area (Å²) in [6.45, 7) is 3.27. The van der Waals surface area contributed by atoms with Crippen molar-refractivity contribution in [2.75, 3.05) is 25.6 Å². The standard InChI is InChI=1S/C11H22N4O2S2/c1-10(4-7-18-3)14-19(16,17)11-8-13-15(9-11)6-5-12-2/h8-10,12,14H,4-7H2,1-3H3. The number of hydrogen-bond donors (Lipinski definition) is 2. The quantitative estimate of drug-likeness (QED) is 0.696. The normalized spacial score (nSPS) is 13.6. The topological polar surface area (TPSA) is 76.0 Å². The van der Waals surface area contributed by atoms with Crippen LogP contribution in [-0.4, -0.2) is 49.8 Å². The molecule has 1 heterocycles. The SMILES string of the molecule is CNCCn1cc(S(=O)(=O)NC(C)CCSC)cn1. The van der Waals surface area contributed by atoms with E-state index in [-0.39, 0.29) is 10.9 Å². The number of aromatic nitrogens is 2. The summed E-state index contributed by atoms with van der Waals surface area (Å²) in [5, 5.41) is 7.03. The van der Waals surface area contributed by atoms with E-state index in [1.807, 2.05) is 20.2 Å². The van der Waals surface area contributed by atoms with Crippen LogP contribution in [0, 0.1) is 0 Å². The molecule has 0 aliphatic heterocycles. The molecule has 0 saturated heterocycles. The largest absolute Gasteiger partial charge is 0.318 e. The summed E-state index contributed by atoms with van der Waals surface area (Å²) in [6, 6.07) is -0.0712. The molecule has 6 nitrogen and oxygen atoms in total. The van der Waals surface area contributed by atoms with Gasteiger partial charge in [0.05, 0.1) is 12.7 Å². The Hall–Kier alpha value is -0.570. The Balaban J connectivity index is 2.63. The van der Waals surface area contributed by atoms with Crippen molar-refractivity contribution in [2.45, 2.75) is 30.8 Å². The molecule has 1 unspecified atom stereocenters. The maximum atomic E-state index is 12.1. The van der Waals surface area contributed by atoms with E-state index in [0.717, 1.165) is 18.7 Å². The van der Waals surface area contributed by atoms with Crippen molar-refractivity contribution in [2.24, 2.45) is 0 Å². The molecule has 0 bridgehead atoms. The van der Waals surface area contributed by atoms with Crippen molar-refractivity contribution >= 4 is 21.8 Å². The van der Waals surface area contributed by atoms with Gasteiger partial charge >= 0.3 is 0 Å². The van der Waals surface area contributed by atoms with Gasteiger partial charge in [0, 0.05) is 18.8 Å². The monoisotopic (exact) mass is 306 g/mol. The Morgan fingerprint density at radius 2 is 2.26 bits per heavy atom. The molecule has 110 valence electrons. The summed E-state index contributed by atoms with van der Waals surface area (Å²) in [5.74, 6) is 0.936. The first-order valence-electron chi connectivity index (χ1n) is 6.18. The smallest absolute Gasteiger partial charge is 0.243 e. The molecule has 0 aliphatic carbocycles. The van der Waals surface area contributed by atoms with Crippen molar-refractivity contribution in [3.63, 3.8) is 0 Å². The maximum Gasteiger partial charge on any atom is 0.243 e. The predicted octanol–water partition coefficient (Wildman–Crippen LogP) is 0.522. The third-order valence-electron chi connectivity index (χ3n) is 2.62. The van der Waals surface area contributed by atoms with Gasteiger partial charge in [-0.3, -0.25) is 4.68 Å². The van der Waals surface area contributed by atoms with Gasteiger partial charge in [-0.05, 0) is 32.4 Å². The zero-order valence-corrected chi connectivity index (χ0v) is 13.2. The summed E-state index contributed by atoms with van der Waals surface area (Å²) in [6.07, 6.45) is 5.77. The van der Waals surface area contributed by atoms with Gasteiger partial charge in [0.1, 0.15) is 4.90 Å². The minimum atomic E-state index is -3.46. The van der Waals surface area contributed by atoms with E-state index in [0.29, 0.717) is 6.54 Å². The van der Waals surface area contributed by atoms with Crippen LogP contribution < -0.4 is 10.0 Å². The lowest BCUT2D eigenvalue weighted by Gasteiger charge is -2.12. The Kier molecular flexibility index (Phi) is 6.84. The zero-order chi connectivity index (χ0) is 14.3. The van der Waals surface area contributed by atoms with Gasteiger partial charge in [-0.25, -0.2) is 13.1 Å². The fourth-order valence-electron chi connectivity index (χ4n) is 1.52. The van der Waals surface area contributed by atoms with Gasteiger partial charge in [0.15, 0.2) is 0 Å². The van der Waals surface area contributed by atoms with E-state index in [9.17, 15) is 8.42 Å². The number of nitrogens with one attached hydrogen (secondary N) is 2. The first-order valence-corrected chi connectivity index (χ1v) is 9.05. The Bertz CT molecular complexity index is 473. The van der Waals surface area contributed by atoms with Crippen molar-refractivity contribution in [1.82, 2.24) is 19.8 Å². The number of rotatable bonds is 9. The van der Waals surface area contributed by atoms with Gasteiger partial charge in [-0.1, -0.05) is 0 Å². The third kappa shape index (κ3) is 5.52.